The molecule has 0 bridgehead atoms. The molecule has 1 fully saturated rings. The Kier molecular flexibility index (Phi) is 13.0. The van der Waals surface area contributed by atoms with Crippen LogP contribution in [-0.2, 0) is 16.4 Å². The molecule has 4 N–H and O–H groups in total. The zero-order valence-corrected chi connectivity index (χ0v) is 25.6. The van der Waals surface area contributed by atoms with E-state index >= 15 is 0 Å². The third-order valence-corrected chi connectivity index (χ3v) is 8.47. The lowest BCUT2D eigenvalue weighted by atomic mass is 9.97. The third-order valence-electron chi connectivity index (χ3n) is 7.03. The van der Waals surface area contributed by atoms with Gasteiger partial charge >= 0.3 is 0 Å². The Morgan fingerprint density at radius 1 is 1.05 bits per heavy atom. The van der Waals surface area contributed by atoms with Crippen LogP contribution >= 0.6 is 24.0 Å². The molecule has 1 heterocycles. The average molecular weight is 639 g/mol. The number of nitrogens with one attached hydrogen (secondary N) is 2. The van der Waals surface area contributed by atoms with E-state index in [4.69, 9.17) is 21.4 Å². The Bertz CT molecular complexity index is 1400. The van der Waals surface area contributed by atoms with Crippen LogP contribution in [0.15, 0.2) is 60.8 Å². The van der Waals surface area contributed by atoms with Crippen LogP contribution in [-0.4, -0.2) is 61.1 Å². The maximum atomic E-state index is 12.9. The summed E-state index contributed by atoms with van der Waals surface area (Å²) in [6.07, 6.45) is 6.62. The summed E-state index contributed by atoms with van der Waals surface area (Å²) in [6.45, 7) is 0.494. The molecule has 1 aromatic heterocycles. The highest BCUT2D eigenvalue weighted by Gasteiger charge is 2.23. The van der Waals surface area contributed by atoms with Crippen LogP contribution in [0.5, 0.6) is 5.75 Å². The first-order valence-electron chi connectivity index (χ1n) is 13.8. The molecule has 0 saturated heterocycles. The molecule has 2 aromatic carbocycles. The number of nitrogens with zero attached hydrogens (tertiary/aromatic N) is 1. The highest BCUT2D eigenvalue weighted by atomic mass is 35.5. The van der Waals surface area contributed by atoms with Gasteiger partial charge in [-0.1, -0.05) is 54.4 Å². The number of carbonyl (C=O) groups excluding carboxylic acids is 1. The van der Waals surface area contributed by atoms with Gasteiger partial charge in [0.2, 0.25) is 10.0 Å². The van der Waals surface area contributed by atoms with E-state index < -0.39 is 34.4 Å². The largest absolute Gasteiger partial charge is 0.490 e. The number of carbonyl (C=O) groups is 1. The van der Waals surface area contributed by atoms with Gasteiger partial charge < -0.3 is 20.3 Å². The minimum Gasteiger partial charge on any atom is -0.490 e. The van der Waals surface area contributed by atoms with Crippen molar-refractivity contribution in [3.05, 3.63) is 82.6 Å². The number of hydrogen-bond acceptors (Lipinski definition) is 8. The van der Waals surface area contributed by atoms with Crippen molar-refractivity contribution in [2.24, 2.45) is 0 Å². The van der Waals surface area contributed by atoms with Gasteiger partial charge in [0.05, 0.1) is 30.1 Å². The van der Waals surface area contributed by atoms with Gasteiger partial charge in [0.1, 0.15) is 10.9 Å². The fourth-order valence-electron chi connectivity index (χ4n) is 4.75. The first kappa shape index (κ1) is 33.8. The van der Waals surface area contributed by atoms with E-state index in [9.17, 15) is 18.3 Å². The Morgan fingerprint density at radius 3 is 2.43 bits per heavy atom. The quantitative estimate of drug-likeness (QED) is 0.159. The highest BCUT2D eigenvalue weighted by Crippen LogP contribution is 2.31. The lowest BCUT2D eigenvalue weighted by Gasteiger charge is -2.24. The van der Waals surface area contributed by atoms with Crippen LogP contribution in [0.4, 0.5) is 0 Å². The number of hydrogen-bond donors (Lipinski definition) is 4. The molecular formula is C30H37Cl2N3O6S. The van der Waals surface area contributed by atoms with Gasteiger partial charge in [-0.2, -0.15) is 0 Å². The molecule has 3 aromatic rings. The fraction of sp³-hybridized carbons (Fsp3) is 0.400. The molecule has 0 spiro atoms. The predicted molar refractivity (Wildman–Crippen MR) is 166 cm³/mol. The second kappa shape index (κ2) is 16.2. The molecular weight excluding hydrogens is 601 g/mol. The Morgan fingerprint density at radius 2 is 1.76 bits per heavy atom. The van der Waals surface area contributed by atoms with Crippen LogP contribution in [0.2, 0.25) is 5.15 Å². The number of aliphatic hydroxyl groups excluding tert-OH is 2. The first-order valence-corrected chi connectivity index (χ1v) is 15.8. The van der Waals surface area contributed by atoms with E-state index in [0.717, 1.165) is 55.2 Å². The van der Waals surface area contributed by atoms with Crippen molar-refractivity contribution in [1.82, 2.24) is 15.0 Å². The van der Waals surface area contributed by atoms with Crippen molar-refractivity contribution in [2.75, 3.05) is 25.4 Å². The van der Waals surface area contributed by atoms with Crippen LogP contribution < -0.4 is 14.8 Å². The molecule has 9 nitrogen and oxygen atoms in total. The summed E-state index contributed by atoms with van der Waals surface area (Å²) in [5.74, 6) is -0.998. The van der Waals surface area contributed by atoms with E-state index in [2.05, 4.69) is 10.3 Å². The number of ether oxygens (including phenoxy) is 1. The van der Waals surface area contributed by atoms with Crippen molar-refractivity contribution in [2.45, 2.75) is 50.7 Å². The van der Waals surface area contributed by atoms with Gasteiger partial charge in [0.25, 0.3) is 5.91 Å². The number of aromatic nitrogens is 1. The maximum absolute atomic E-state index is 12.9. The summed E-state index contributed by atoms with van der Waals surface area (Å²) in [5, 5.41) is 23.0. The number of amides is 1. The maximum Gasteiger partial charge on any atom is 0.268 e. The zero-order chi connectivity index (χ0) is 29.2. The SMILES string of the molecule is Cl.O=C(NS(=O)(=O)CCO)c1ccc(-c2ccc(CCNC[C@H](O)c3ccc(Cl)nc3)cc2)cc1OC1CCCCC1. The monoisotopic (exact) mass is 637 g/mol. The van der Waals surface area contributed by atoms with Gasteiger partial charge in [-0.25, -0.2) is 18.1 Å². The summed E-state index contributed by atoms with van der Waals surface area (Å²) in [7, 11) is -3.96. The lowest BCUT2D eigenvalue weighted by Crippen LogP contribution is -2.34. The Hall–Kier alpha value is -2.73. The predicted octanol–water partition coefficient (Wildman–Crippen LogP) is 4.45. The Labute approximate surface area is 258 Å². The molecule has 1 saturated carbocycles. The van der Waals surface area contributed by atoms with Crippen LogP contribution in [0, 0.1) is 0 Å². The summed E-state index contributed by atoms with van der Waals surface area (Å²) in [4.78, 5) is 16.9. The number of pyridine rings is 1. The lowest BCUT2D eigenvalue weighted by molar-refractivity contribution is 0.0969. The van der Waals surface area contributed by atoms with Gasteiger partial charge in [0, 0.05) is 18.3 Å². The van der Waals surface area contributed by atoms with Gasteiger partial charge in [-0.05, 0) is 73.5 Å². The molecule has 0 unspecified atom stereocenters. The van der Waals surface area contributed by atoms with E-state index in [1.807, 2.05) is 29.0 Å². The standard InChI is InChI=1S/C30H36ClN3O6S.ClH/c31-29-13-11-24(19-33-29)27(36)20-32-15-14-21-6-8-22(9-7-21)23-10-12-26(30(37)34-41(38,39)17-16-35)28(18-23)40-25-4-2-1-3-5-25;/h6-13,18-19,25,27,32,35-36H,1-5,14-17,20H2,(H,34,37);1H/t27-;/m0./s1. The molecule has 0 radical (unpaired) electrons. The first-order chi connectivity index (χ1) is 19.7. The molecule has 228 valence electrons. The van der Waals surface area contributed by atoms with Crippen LogP contribution in [0.1, 0.15) is 59.7 Å². The summed E-state index contributed by atoms with van der Waals surface area (Å²) in [5.41, 5.74) is 3.73. The van der Waals surface area contributed by atoms with Crippen molar-refractivity contribution in [3.8, 4) is 16.9 Å². The molecule has 1 aliphatic carbocycles. The zero-order valence-electron chi connectivity index (χ0n) is 23.2. The molecule has 12 heteroatoms. The topological polar surface area (TPSA) is 138 Å². The van der Waals surface area contributed by atoms with Crippen molar-refractivity contribution < 1.29 is 28.2 Å². The summed E-state index contributed by atoms with van der Waals surface area (Å²) >= 11 is 5.80. The highest BCUT2D eigenvalue weighted by molar-refractivity contribution is 7.90. The van der Waals surface area contributed by atoms with Crippen molar-refractivity contribution in [3.63, 3.8) is 0 Å². The molecule has 1 aliphatic rings. The molecule has 1 atom stereocenters. The van der Waals surface area contributed by atoms with E-state index in [1.54, 1.807) is 36.5 Å². The molecule has 0 aliphatic heterocycles. The number of sulfonamides is 1. The second-order valence-corrected chi connectivity index (χ2v) is 12.4. The molecule has 1 amide bonds. The molecule has 4 rings (SSSR count). The number of rotatable bonds is 13. The van der Waals surface area contributed by atoms with E-state index in [-0.39, 0.29) is 24.1 Å². The minimum atomic E-state index is -3.96. The normalized spacial score (nSPS) is 14.5. The third kappa shape index (κ3) is 9.93. The van der Waals surface area contributed by atoms with Crippen molar-refractivity contribution in [1.29, 1.82) is 0 Å². The second-order valence-electron chi connectivity index (χ2n) is 10.1. The van der Waals surface area contributed by atoms with E-state index in [1.165, 1.54) is 0 Å². The smallest absolute Gasteiger partial charge is 0.268 e. The number of aliphatic hydroxyl groups is 2. The van der Waals surface area contributed by atoms with Gasteiger partial charge in [0.15, 0.2) is 0 Å². The van der Waals surface area contributed by atoms with Crippen LogP contribution in [0.25, 0.3) is 11.1 Å². The van der Waals surface area contributed by atoms with Gasteiger partial charge in [-0.3, -0.25) is 4.79 Å². The van der Waals surface area contributed by atoms with Gasteiger partial charge in [-0.15, -0.1) is 12.4 Å². The summed E-state index contributed by atoms with van der Waals surface area (Å²) in [6, 6.07) is 16.6. The minimum absolute atomic E-state index is 0. The number of benzene rings is 2. The Balaban J connectivity index is 0.00000484. The van der Waals surface area contributed by atoms with Crippen LogP contribution in [0.3, 0.4) is 0 Å². The molecule has 42 heavy (non-hydrogen) atoms. The van der Waals surface area contributed by atoms with Crippen molar-refractivity contribution >= 4 is 39.9 Å². The van der Waals surface area contributed by atoms with E-state index in [0.29, 0.717) is 29.6 Å². The number of halogens is 2. The average Bonchev–Trinajstić information content (AvgIpc) is 2.96. The fourth-order valence-corrected chi connectivity index (χ4v) is 5.60. The summed E-state index contributed by atoms with van der Waals surface area (Å²) < 4.78 is 32.4.